The smallest absolute Gasteiger partial charge is 0.259 e. The summed E-state index contributed by atoms with van der Waals surface area (Å²) in [6, 6.07) is 6.35. The maximum Gasteiger partial charge on any atom is 0.259 e. The molecule has 2 rings (SSSR count). The molecule has 0 aliphatic carbocycles. The number of carbonyl (C=O) groups excluding carboxylic acids is 2. The van der Waals surface area contributed by atoms with E-state index in [2.05, 4.69) is 0 Å². The van der Waals surface area contributed by atoms with Crippen molar-refractivity contribution >= 4 is 22.7 Å². The van der Waals surface area contributed by atoms with Crippen LogP contribution in [0.4, 0.5) is 0 Å². The summed E-state index contributed by atoms with van der Waals surface area (Å²) >= 11 is 0. The fraction of sp³-hybridized carbons (Fsp3) is 0. The van der Waals surface area contributed by atoms with E-state index in [9.17, 15) is 14.4 Å². The van der Waals surface area contributed by atoms with Crippen LogP contribution in [0.3, 0.4) is 0 Å². The minimum atomic E-state index is -0.570. The third-order valence-corrected chi connectivity index (χ3v) is 2.01. The first-order valence-corrected chi connectivity index (χ1v) is 4.10. The first-order valence-electron chi connectivity index (χ1n) is 4.10. The van der Waals surface area contributed by atoms with Gasteiger partial charge in [-0.1, -0.05) is 18.2 Å². The summed E-state index contributed by atoms with van der Waals surface area (Å²) in [6.45, 7) is 0. The molecule has 1 aromatic heterocycles. The molecule has 0 N–H and O–H groups in total. The van der Waals surface area contributed by atoms with E-state index in [0.29, 0.717) is 5.39 Å². The second kappa shape index (κ2) is 3.39. The SMILES string of the molecule is O=C=c1oc(=C=O)c2ccccc2c1=O. The molecule has 0 saturated carbocycles. The number of hydrogen-bond acceptors (Lipinski definition) is 4. The number of rotatable bonds is 0. The van der Waals surface area contributed by atoms with Gasteiger partial charge < -0.3 is 4.42 Å². The average molecular weight is 200 g/mol. The first-order chi connectivity index (χ1) is 7.27. The van der Waals surface area contributed by atoms with E-state index < -0.39 is 10.8 Å². The van der Waals surface area contributed by atoms with Crippen molar-refractivity contribution in [2.75, 3.05) is 0 Å². The zero-order valence-corrected chi connectivity index (χ0v) is 7.44. The zero-order valence-electron chi connectivity index (χ0n) is 7.44. The van der Waals surface area contributed by atoms with Crippen LogP contribution in [0.25, 0.3) is 10.8 Å². The van der Waals surface area contributed by atoms with E-state index in [4.69, 9.17) is 4.42 Å². The number of benzene rings is 1. The molecule has 0 fully saturated rings. The van der Waals surface area contributed by atoms with E-state index in [0.717, 1.165) is 0 Å². The lowest BCUT2D eigenvalue weighted by atomic mass is 10.1. The van der Waals surface area contributed by atoms with Crippen molar-refractivity contribution < 1.29 is 14.0 Å². The Balaban J connectivity index is 3.35. The van der Waals surface area contributed by atoms with Gasteiger partial charge in [0.25, 0.3) is 5.42 Å². The molecule has 15 heavy (non-hydrogen) atoms. The maximum absolute atomic E-state index is 11.5. The Kier molecular flexibility index (Phi) is 2.07. The molecular formula is C11H4O4. The Bertz CT molecular complexity index is 744. The largest absolute Gasteiger partial charge is 0.429 e. The average Bonchev–Trinajstić information content (AvgIpc) is 2.30. The molecule has 0 unspecified atom stereocenters. The van der Waals surface area contributed by atoms with Crippen LogP contribution in [-0.4, -0.2) is 11.9 Å². The monoisotopic (exact) mass is 200 g/mol. The molecule has 0 spiro atoms. The summed E-state index contributed by atoms with van der Waals surface area (Å²) < 4.78 is 4.76. The number of hydrogen-bond donors (Lipinski definition) is 0. The minimum Gasteiger partial charge on any atom is -0.429 e. The predicted molar refractivity (Wildman–Crippen MR) is 51.3 cm³/mol. The fourth-order valence-electron chi connectivity index (χ4n) is 1.35. The summed E-state index contributed by atoms with van der Waals surface area (Å²) in [4.78, 5) is 32.5. The molecule has 4 heteroatoms. The van der Waals surface area contributed by atoms with E-state index in [1.807, 2.05) is 0 Å². The summed E-state index contributed by atoms with van der Waals surface area (Å²) in [7, 11) is 0. The first kappa shape index (κ1) is 9.16. The second-order valence-electron chi connectivity index (χ2n) is 2.84. The highest BCUT2D eigenvalue weighted by Crippen LogP contribution is 2.00. The van der Waals surface area contributed by atoms with E-state index >= 15 is 0 Å². The molecule has 0 amide bonds. The third kappa shape index (κ3) is 1.30. The van der Waals surface area contributed by atoms with Gasteiger partial charge in [0, 0.05) is 10.8 Å². The molecule has 72 valence electrons. The summed E-state index contributed by atoms with van der Waals surface area (Å²) in [5, 5.41) is 0.594. The molecule has 0 atom stereocenters. The molecule has 0 bridgehead atoms. The van der Waals surface area contributed by atoms with E-state index in [1.54, 1.807) is 18.2 Å². The Morgan fingerprint density at radius 2 is 1.53 bits per heavy atom. The lowest BCUT2D eigenvalue weighted by molar-refractivity contribution is 0.469. The summed E-state index contributed by atoms with van der Waals surface area (Å²) in [6.07, 6.45) is 0. The van der Waals surface area contributed by atoms with Gasteiger partial charge in [0.1, 0.15) is 0 Å². The van der Waals surface area contributed by atoms with Gasteiger partial charge in [-0.2, -0.15) is 0 Å². The highest BCUT2D eigenvalue weighted by Gasteiger charge is 2.04. The van der Waals surface area contributed by atoms with Gasteiger partial charge in [-0.05, 0) is 6.07 Å². The quantitative estimate of drug-likeness (QED) is 0.535. The van der Waals surface area contributed by atoms with Crippen LogP contribution in [0.1, 0.15) is 0 Å². The van der Waals surface area contributed by atoms with Crippen LogP contribution in [0.5, 0.6) is 0 Å². The third-order valence-electron chi connectivity index (χ3n) is 2.01. The molecule has 2 aromatic rings. The van der Waals surface area contributed by atoms with Gasteiger partial charge in [-0.25, -0.2) is 9.59 Å². The van der Waals surface area contributed by atoms with Crippen molar-refractivity contribution in [2.45, 2.75) is 0 Å². The molecular weight excluding hydrogens is 196 g/mol. The fourth-order valence-corrected chi connectivity index (χ4v) is 1.35. The van der Waals surface area contributed by atoms with Crippen LogP contribution in [0.15, 0.2) is 33.5 Å². The van der Waals surface area contributed by atoms with Crippen LogP contribution < -0.4 is 16.3 Å². The van der Waals surface area contributed by atoms with Crippen LogP contribution in [-0.2, 0) is 9.59 Å². The molecule has 1 aromatic carbocycles. The zero-order chi connectivity index (χ0) is 10.8. The highest BCUT2D eigenvalue weighted by molar-refractivity contribution is 5.83. The van der Waals surface area contributed by atoms with Crippen LogP contribution in [0.2, 0.25) is 0 Å². The lowest BCUT2D eigenvalue weighted by Gasteiger charge is -1.92. The molecule has 0 aliphatic rings. The predicted octanol–water partition coefficient (Wildman–Crippen LogP) is -1.20. The molecule has 1 heterocycles. The molecule has 0 aliphatic heterocycles. The van der Waals surface area contributed by atoms with E-state index in [-0.39, 0.29) is 10.8 Å². The summed E-state index contributed by atoms with van der Waals surface area (Å²) in [5.41, 5.74) is -1.24. The Morgan fingerprint density at radius 3 is 2.13 bits per heavy atom. The van der Waals surface area contributed by atoms with Crippen molar-refractivity contribution in [3.63, 3.8) is 0 Å². The van der Waals surface area contributed by atoms with E-state index in [1.165, 1.54) is 17.9 Å². The Morgan fingerprint density at radius 1 is 0.933 bits per heavy atom. The van der Waals surface area contributed by atoms with Gasteiger partial charge in [0.15, 0.2) is 11.9 Å². The van der Waals surface area contributed by atoms with Crippen molar-refractivity contribution in [3.8, 4) is 0 Å². The molecule has 4 nitrogen and oxygen atoms in total. The van der Waals surface area contributed by atoms with Crippen LogP contribution >= 0.6 is 0 Å². The lowest BCUT2D eigenvalue weighted by Crippen LogP contribution is -2.31. The second-order valence-corrected chi connectivity index (χ2v) is 2.84. The van der Waals surface area contributed by atoms with Crippen molar-refractivity contribution in [3.05, 3.63) is 45.3 Å². The normalized spacial score (nSPS) is 9.60. The summed E-state index contributed by atoms with van der Waals surface area (Å²) in [5.74, 6) is 2.89. The topological polar surface area (TPSA) is 64.3 Å². The standard InChI is InChI=1S/C11H4O4/c12-5-9-7-3-1-2-4-8(7)11(14)10(6-13)15-9/h1-4H. The van der Waals surface area contributed by atoms with Gasteiger partial charge >= 0.3 is 0 Å². The van der Waals surface area contributed by atoms with Crippen molar-refractivity contribution in [1.29, 1.82) is 0 Å². The highest BCUT2D eigenvalue weighted by atomic mass is 16.3. The Labute approximate surface area is 82.8 Å². The van der Waals surface area contributed by atoms with Crippen molar-refractivity contribution in [1.82, 2.24) is 0 Å². The van der Waals surface area contributed by atoms with Gasteiger partial charge in [0.2, 0.25) is 10.8 Å². The minimum absolute atomic E-state index is 0.163. The van der Waals surface area contributed by atoms with Gasteiger partial charge in [0.05, 0.1) is 0 Å². The number of fused-ring (bicyclic) bond motifs is 1. The maximum atomic E-state index is 11.5. The molecule has 0 saturated heterocycles. The molecule has 0 radical (unpaired) electrons. The van der Waals surface area contributed by atoms with Gasteiger partial charge in [-0.3, -0.25) is 4.79 Å². The van der Waals surface area contributed by atoms with Crippen LogP contribution in [0, 0.1) is 0 Å². The van der Waals surface area contributed by atoms with Gasteiger partial charge in [-0.15, -0.1) is 0 Å². The van der Waals surface area contributed by atoms with Crippen molar-refractivity contribution in [2.24, 2.45) is 0 Å². The Hall–Kier alpha value is -2.41.